The van der Waals surface area contributed by atoms with Crippen LogP contribution in [-0.4, -0.2) is 18.2 Å². The third kappa shape index (κ3) is 1.78. The second-order valence-electron chi connectivity index (χ2n) is 4.00. The zero-order valence-electron chi connectivity index (χ0n) is 8.18. The molecule has 0 aliphatic carbocycles. The first-order chi connectivity index (χ1) is 6.59. The van der Waals surface area contributed by atoms with E-state index in [-0.39, 0.29) is 0 Å². The molecule has 1 unspecified atom stereocenters. The quantitative estimate of drug-likeness (QED) is 0.685. The highest BCUT2D eigenvalue weighted by atomic mass is 35.5. The predicted molar refractivity (Wildman–Crippen MR) is 57.6 cm³/mol. The minimum Gasteiger partial charge on any atom is -0.384 e. The monoisotopic (exact) mass is 211 g/mol. The van der Waals surface area contributed by atoms with Gasteiger partial charge in [0.15, 0.2) is 0 Å². The lowest BCUT2D eigenvalue weighted by Crippen LogP contribution is -2.33. The molecule has 1 aliphatic heterocycles. The van der Waals surface area contributed by atoms with Gasteiger partial charge in [-0.3, -0.25) is 0 Å². The molecule has 1 aliphatic rings. The average molecular weight is 212 g/mol. The lowest BCUT2D eigenvalue weighted by atomic mass is 9.91. The highest BCUT2D eigenvalue weighted by molar-refractivity contribution is 6.30. The summed E-state index contributed by atoms with van der Waals surface area (Å²) >= 11 is 5.93. The Hall–Kier alpha value is -0.570. The summed E-state index contributed by atoms with van der Waals surface area (Å²) in [5.41, 5.74) is 1.33. The first kappa shape index (κ1) is 9.97. The van der Waals surface area contributed by atoms with E-state index in [1.54, 1.807) is 0 Å². The third-order valence-corrected chi connectivity index (χ3v) is 2.93. The maximum atomic E-state index is 10.2. The van der Waals surface area contributed by atoms with Crippen molar-refractivity contribution in [3.05, 3.63) is 34.3 Å². The lowest BCUT2D eigenvalue weighted by molar-refractivity contribution is 0.0595. The Balaban J connectivity index is 2.52. The van der Waals surface area contributed by atoms with Crippen molar-refractivity contribution in [3.63, 3.8) is 0 Å². The molecule has 1 aromatic rings. The largest absolute Gasteiger partial charge is 0.384 e. The number of rotatable bonds is 0. The molecule has 0 fully saturated rings. The van der Waals surface area contributed by atoms with Crippen molar-refractivity contribution in [2.24, 2.45) is 0 Å². The van der Waals surface area contributed by atoms with Gasteiger partial charge in [-0.2, -0.15) is 0 Å². The zero-order valence-corrected chi connectivity index (χ0v) is 8.93. The van der Waals surface area contributed by atoms with Gasteiger partial charge in [0.1, 0.15) is 0 Å². The molecule has 0 spiro atoms. The van der Waals surface area contributed by atoms with Crippen LogP contribution in [0.5, 0.6) is 0 Å². The Bertz CT molecular complexity index is 349. The average Bonchev–Trinajstić information content (AvgIpc) is 2.26. The van der Waals surface area contributed by atoms with Gasteiger partial charge in [-0.25, -0.2) is 0 Å². The van der Waals surface area contributed by atoms with Crippen molar-refractivity contribution in [3.8, 4) is 0 Å². The molecule has 0 radical (unpaired) electrons. The van der Waals surface area contributed by atoms with E-state index in [0.29, 0.717) is 11.6 Å². The van der Waals surface area contributed by atoms with Crippen LogP contribution in [0.2, 0.25) is 5.02 Å². The minimum absolute atomic E-state index is 0.584. The Morgan fingerprint density at radius 2 is 2.29 bits per heavy atom. The highest BCUT2D eigenvalue weighted by Crippen LogP contribution is 2.28. The predicted octanol–water partition coefficient (Wildman–Crippen LogP) is 1.69. The Kier molecular flexibility index (Phi) is 2.52. The summed E-state index contributed by atoms with van der Waals surface area (Å²) in [7, 11) is 0. The molecule has 0 bridgehead atoms. The van der Waals surface area contributed by atoms with Gasteiger partial charge < -0.3 is 10.4 Å². The van der Waals surface area contributed by atoms with Crippen LogP contribution < -0.4 is 5.32 Å². The number of hydrogen-bond acceptors (Lipinski definition) is 2. The number of fused-ring (bicyclic) bond motifs is 1. The summed E-state index contributed by atoms with van der Waals surface area (Å²) in [6.45, 7) is 3.31. The Morgan fingerprint density at radius 1 is 1.50 bits per heavy atom. The summed E-state index contributed by atoms with van der Waals surface area (Å²) in [6, 6.07) is 5.74. The molecule has 14 heavy (non-hydrogen) atoms. The van der Waals surface area contributed by atoms with Crippen LogP contribution in [0.15, 0.2) is 18.2 Å². The van der Waals surface area contributed by atoms with Crippen LogP contribution in [0.1, 0.15) is 18.1 Å². The second kappa shape index (κ2) is 3.54. The van der Waals surface area contributed by atoms with Crippen molar-refractivity contribution in [1.29, 1.82) is 0 Å². The van der Waals surface area contributed by atoms with Gasteiger partial charge in [0.05, 0.1) is 5.60 Å². The second-order valence-corrected chi connectivity index (χ2v) is 4.44. The lowest BCUT2D eigenvalue weighted by Gasteiger charge is -2.23. The van der Waals surface area contributed by atoms with Gasteiger partial charge in [-0.05, 0) is 43.1 Å². The van der Waals surface area contributed by atoms with Crippen LogP contribution in [0.3, 0.4) is 0 Å². The molecular formula is C11H14ClNO. The van der Waals surface area contributed by atoms with E-state index in [9.17, 15) is 5.11 Å². The number of halogens is 1. The molecule has 76 valence electrons. The number of β-amino-alcohol motifs (C(OH)–C–C–N with tert-alkyl or cyclic N) is 1. The molecular weight excluding hydrogens is 198 g/mol. The molecule has 0 amide bonds. The first-order valence-corrected chi connectivity index (χ1v) is 5.19. The number of nitrogens with one attached hydrogen (secondary N) is 1. The fourth-order valence-corrected chi connectivity index (χ4v) is 2.09. The topological polar surface area (TPSA) is 32.3 Å². The van der Waals surface area contributed by atoms with E-state index in [1.807, 2.05) is 25.1 Å². The van der Waals surface area contributed by atoms with Crippen molar-refractivity contribution in [2.45, 2.75) is 18.9 Å². The molecule has 2 N–H and O–H groups in total. The molecule has 0 aromatic heterocycles. The first-order valence-electron chi connectivity index (χ1n) is 4.81. The Labute approximate surface area is 88.9 Å². The van der Waals surface area contributed by atoms with Crippen LogP contribution in [0.4, 0.5) is 0 Å². The number of aliphatic hydroxyl groups is 1. The zero-order chi connectivity index (χ0) is 10.2. The standard InChI is InChI=1S/C11H14ClNO/c1-11(14)7-13-5-4-8-2-3-9(12)6-10(8)11/h2-3,6,13-14H,4-5,7H2,1H3. The molecule has 0 saturated carbocycles. The smallest absolute Gasteiger partial charge is 0.0995 e. The minimum atomic E-state index is -0.809. The van der Waals surface area contributed by atoms with E-state index in [4.69, 9.17) is 11.6 Å². The summed E-state index contributed by atoms with van der Waals surface area (Å²) in [5.74, 6) is 0. The van der Waals surface area contributed by atoms with Gasteiger partial charge in [0.2, 0.25) is 0 Å². The SMILES string of the molecule is CC1(O)CNCCc2ccc(Cl)cc21. The van der Waals surface area contributed by atoms with E-state index in [0.717, 1.165) is 18.5 Å². The van der Waals surface area contributed by atoms with Gasteiger partial charge >= 0.3 is 0 Å². The summed E-state index contributed by atoms with van der Waals surface area (Å²) < 4.78 is 0. The third-order valence-electron chi connectivity index (χ3n) is 2.69. The fraction of sp³-hybridized carbons (Fsp3) is 0.455. The summed E-state index contributed by atoms with van der Waals surface area (Å²) in [6.07, 6.45) is 0.947. The van der Waals surface area contributed by atoms with Gasteiger partial charge in [0, 0.05) is 11.6 Å². The molecule has 1 aromatic carbocycles. The molecule has 1 atom stereocenters. The van der Waals surface area contributed by atoms with Gasteiger partial charge in [-0.1, -0.05) is 17.7 Å². The Morgan fingerprint density at radius 3 is 3.07 bits per heavy atom. The van der Waals surface area contributed by atoms with Crippen molar-refractivity contribution >= 4 is 11.6 Å². The van der Waals surface area contributed by atoms with Crippen LogP contribution in [0, 0.1) is 0 Å². The highest BCUT2D eigenvalue weighted by Gasteiger charge is 2.27. The molecule has 2 rings (SSSR count). The van der Waals surface area contributed by atoms with Crippen LogP contribution >= 0.6 is 11.6 Å². The summed E-state index contributed by atoms with van der Waals surface area (Å²) in [5, 5.41) is 14.1. The van der Waals surface area contributed by atoms with Crippen LogP contribution in [-0.2, 0) is 12.0 Å². The molecule has 0 saturated heterocycles. The van der Waals surface area contributed by atoms with E-state index < -0.39 is 5.60 Å². The van der Waals surface area contributed by atoms with Gasteiger partial charge in [-0.15, -0.1) is 0 Å². The normalized spacial score (nSPS) is 26.8. The fourth-order valence-electron chi connectivity index (χ4n) is 1.92. The number of benzene rings is 1. The van der Waals surface area contributed by atoms with Crippen molar-refractivity contribution in [2.75, 3.05) is 13.1 Å². The van der Waals surface area contributed by atoms with E-state index in [2.05, 4.69) is 5.32 Å². The van der Waals surface area contributed by atoms with Crippen molar-refractivity contribution in [1.82, 2.24) is 5.32 Å². The molecule has 1 heterocycles. The molecule has 2 nitrogen and oxygen atoms in total. The van der Waals surface area contributed by atoms with E-state index >= 15 is 0 Å². The maximum Gasteiger partial charge on any atom is 0.0995 e. The summed E-state index contributed by atoms with van der Waals surface area (Å²) in [4.78, 5) is 0. The number of hydrogen-bond donors (Lipinski definition) is 2. The van der Waals surface area contributed by atoms with E-state index in [1.165, 1.54) is 5.56 Å². The van der Waals surface area contributed by atoms with Gasteiger partial charge in [0.25, 0.3) is 0 Å². The van der Waals surface area contributed by atoms with Crippen LogP contribution in [0.25, 0.3) is 0 Å². The van der Waals surface area contributed by atoms with Crippen molar-refractivity contribution < 1.29 is 5.11 Å². The maximum absolute atomic E-state index is 10.2. The molecule has 3 heteroatoms.